The number of halogens is 2. The van der Waals surface area contributed by atoms with E-state index in [4.69, 9.17) is 9.97 Å². The van der Waals surface area contributed by atoms with Crippen molar-refractivity contribution in [2.24, 2.45) is 0 Å². The van der Waals surface area contributed by atoms with Crippen molar-refractivity contribution in [3.8, 4) is 0 Å². The van der Waals surface area contributed by atoms with Crippen LogP contribution in [0, 0.1) is 0 Å². The lowest BCUT2D eigenvalue weighted by molar-refractivity contribution is 0.241. The van der Waals surface area contributed by atoms with Gasteiger partial charge >= 0.3 is 0 Å². The van der Waals surface area contributed by atoms with E-state index < -0.39 is 0 Å². The lowest BCUT2D eigenvalue weighted by atomic mass is 9.88. The maximum absolute atomic E-state index is 4.95. The molecular weight excluding hydrogens is 444 g/mol. The van der Waals surface area contributed by atoms with Crippen LogP contribution in [0.4, 0.5) is 0 Å². The number of rotatable bonds is 3. The van der Waals surface area contributed by atoms with Gasteiger partial charge in [-0.2, -0.15) is 0 Å². The minimum Gasteiger partial charge on any atom is -0.294 e. The molecule has 1 saturated carbocycles. The highest BCUT2D eigenvalue weighted by molar-refractivity contribution is 9.11. The first kappa shape index (κ1) is 17.6. The van der Waals surface area contributed by atoms with E-state index in [9.17, 15) is 0 Å². The maximum Gasteiger partial charge on any atom is 0.131 e. The van der Waals surface area contributed by atoms with Crippen molar-refractivity contribution in [3.05, 3.63) is 50.2 Å². The number of pyridine rings is 1. The molecule has 3 heterocycles. The third kappa shape index (κ3) is 3.96. The Balaban J connectivity index is 1.48. The van der Waals surface area contributed by atoms with Gasteiger partial charge in [0.2, 0.25) is 0 Å². The highest BCUT2D eigenvalue weighted by atomic mass is 79.9. The van der Waals surface area contributed by atoms with Crippen molar-refractivity contribution in [2.75, 3.05) is 6.54 Å². The quantitative estimate of drug-likeness (QED) is 0.639. The number of aromatic nitrogens is 3. The molecule has 1 fully saturated rings. The highest BCUT2D eigenvalue weighted by Gasteiger charge is 2.23. The predicted octanol–water partition coefficient (Wildman–Crippen LogP) is 5.00. The molecule has 1 aliphatic heterocycles. The van der Waals surface area contributed by atoms with Gasteiger partial charge in [-0.05, 0) is 50.3 Å². The summed E-state index contributed by atoms with van der Waals surface area (Å²) in [6, 6.07) is 0. The molecule has 0 unspecified atom stereocenters. The van der Waals surface area contributed by atoms with Crippen LogP contribution in [0.15, 0.2) is 27.5 Å². The Bertz CT molecular complexity index is 739. The van der Waals surface area contributed by atoms with Gasteiger partial charge in [-0.25, -0.2) is 9.97 Å². The van der Waals surface area contributed by atoms with Gasteiger partial charge in [-0.1, -0.05) is 19.3 Å². The fourth-order valence-corrected chi connectivity index (χ4v) is 5.08. The van der Waals surface area contributed by atoms with Crippen molar-refractivity contribution in [1.29, 1.82) is 0 Å². The largest absolute Gasteiger partial charge is 0.294 e. The molecule has 2 aromatic rings. The zero-order valence-electron chi connectivity index (χ0n) is 14.2. The summed E-state index contributed by atoms with van der Waals surface area (Å²) in [6.07, 6.45) is 13.4. The molecule has 4 rings (SSSR count). The molecule has 2 aliphatic rings. The summed E-state index contributed by atoms with van der Waals surface area (Å²) in [5, 5.41) is 0. The summed E-state index contributed by atoms with van der Waals surface area (Å²) in [4.78, 5) is 16.3. The Labute approximate surface area is 165 Å². The zero-order valence-corrected chi connectivity index (χ0v) is 17.4. The predicted molar refractivity (Wildman–Crippen MR) is 105 cm³/mol. The van der Waals surface area contributed by atoms with E-state index in [1.165, 1.54) is 48.9 Å². The fourth-order valence-electron chi connectivity index (χ4n) is 3.90. The van der Waals surface area contributed by atoms with Gasteiger partial charge in [0, 0.05) is 70.8 Å². The average Bonchev–Trinajstić information content (AvgIpc) is 2.65. The van der Waals surface area contributed by atoms with Crippen LogP contribution in [0.3, 0.4) is 0 Å². The molecule has 0 saturated heterocycles. The SMILES string of the molecule is Brc1cncc(Br)c1CN1CCc2nc(C3CCCCC3)ncc2C1. The lowest BCUT2D eigenvalue weighted by Gasteiger charge is -2.29. The minimum atomic E-state index is 0.584. The topological polar surface area (TPSA) is 41.9 Å². The van der Waals surface area contributed by atoms with Crippen molar-refractivity contribution in [3.63, 3.8) is 0 Å². The Morgan fingerprint density at radius 3 is 2.56 bits per heavy atom. The molecule has 0 radical (unpaired) electrons. The molecule has 0 bridgehead atoms. The van der Waals surface area contributed by atoms with Crippen LogP contribution in [0.2, 0.25) is 0 Å². The van der Waals surface area contributed by atoms with Crippen LogP contribution >= 0.6 is 31.9 Å². The Kier molecular flexibility index (Phi) is 5.48. The monoisotopic (exact) mass is 464 g/mol. The normalized spacial score (nSPS) is 19.0. The van der Waals surface area contributed by atoms with Gasteiger partial charge in [-0.15, -0.1) is 0 Å². The number of hydrogen-bond donors (Lipinski definition) is 0. The molecule has 6 heteroatoms. The van der Waals surface area contributed by atoms with Crippen molar-refractivity contribution >= 4 is 31.9 Å². The van der Waals surface area contributed by atoms with Crippen LogP contribution in [0.1, 0.15) is 60.7 Å². The molecular formula is C19H22Br2N4. The second-order valence-corrected chi connectivity index (χ2v) is 8.79. The summed E-state index contributed by atoms with van der Waals surface area (Å²) in [5.74, 6) is 1.67. The summed E-state index contributed by atoms with van der Waals surface area (Å²) >= 11 is 7.23. The van der Waals surface area contributed by atoms with Crippen LogP contribution in [0.25, 0.3) is 0 Å². The number of fused-ring (bicyclic) bond motifs is 1. The highest BCUT2D eigenvalue weighted by Crippen LogP contribution is 2.32. The molecule has 0 N–H and O–H groups in total. The molecule has 0 amide bonds. The number of hydrogen-bond acceptors (Lipinski definition) is 4. The van der Waals surface area contributed by atoms with Gasteiger partial charge < -0.3 is 0 Å². The number of nitrogens with zero attached hydrogens (tertiary/aromatic N) is 4. The standard InChI is InChI=1S/C19H22Br2N4/c20-16-9-22-10-17(21)15(16)12-25-7-6-18-14(11-25)8-23-19(24-18)13-4-2-1-3-5-13/h8-10,13H,1-7,11-12H2. The zero-order chi connectivity index (χ0) is 17.2. The third-order valence-electron chi connectivity index (χ3n) is 5.34. The fraction of sp³-hybridized carbons (Fsp3) is 0.526. The Morgan fingerprint density at radius 2 is 1.80 bits per heavy atom. The van der Waals surface area contributed by atoms with E-state index in [1.54, 1.807) is 0 Å². The smallest absolute Gasteiger partial charge is 0.131 e. The van der Waals surface area contributed by atoms with E-state index in [0.29, 0.717) is 5.92 Å². The summed E-state index contributed by atoms with van der Waals surface area (Å²) in [5.41, 5.74) is 3.80. The molecule has 0 spiro atoms. The van der Waals surface area contributed by atoms with E-state index in [0.717, 1.165) is 40.8 Å². The van der Waals surface area contributed by atoms with Crippen molar-refractivity contribution < 1.29 is 0 Å². The molecule has 4 nitrogen and oxygen atoms in total. The van der Waals surface area contributed by atoms with Gasteiger partial charge in [0.05, 0.1) is 0 Å². The van der Waals surface area contributed by atoms with Crippen LogP contribution < -0.4 is 0 Å². The summed E-state index contributed by atoms with van der Waals surface area (Å²) in [7, 11) is 0. The second kappa shape index (κ2) is 7.80. The lowest BCUT2D eigenvalue weighted by Crippen LogP contribution is -2.31. The maximum atomic E-state index is 4.95. The first-order valence-corrected chi connectivity index (χ1v) is 10.6. The van der Waals surface area contributed by atoms with Crippen LogP contribution in [0.5, 0.6) is 0 Å². The van der Waals surface area contributed by atoms with Crippen LogP contribution in [-0.2, 0) is 19.5 Å². The van der Waals surface area contributed by atoms with E-state index in [2.05, 4.69) is 47.9 Å². The van der Waals surface area contributed by atoms with E-state index in [1.807, 2.05) is 12.4 Å². The molecule has 25 heavy (non-hydrogen) atoms. The van der Waals surface area contributed by atoms with Crippen LogP contribution in [-0.4, -0.2) is 26.4 Å². The molecule has 1 aliphatic carbocycles. The van der Waals surface area contributed by atoms with Gasteiger partial charge in [-0.3, -0.25) is 9.88 Å². The van der Waals surface area contributed by atoms with Gasteiger partial charge in [0.25, 0.3) is 0 Å². The van der Waals surface area contributed by atoms with E-state index >= 15 is 0 Å². The first-order chi connectivity index (χ1) is 12.2. The Morgan fingerprint density at radius 1 is 1.04 bits per heavy atom. The van der Waals surface area contributed by atoms with Crippen molar-refractivity contribution in [1.82, 2.24) is 19.9 Å². The van der Waals surface area contributed by atoms with Gasteiger partial charge in [0.15, 0.2) is 0 Å². The summed E-state index contributed by atoms with van der Waals surface area (Å²) < 4.78 is 2.10. The molecule has 0 atom stereocenters. The average molecular weight is 466 g/mol. The third-order valence-corrected chi connectivity index (χ3v) is 6.70. The van der Waals surface area contributed by atoms with Gasteiger partial charge in [0.1, 0.15) is 5.82 Å². The Hall–Kier alpha value is -0.850. The van der Waals surface area contributed by atoms with Crippen molar-refractivity contribution in [2.45, 2.75) is 57.5 Å². The van der Waals surface area contributed by atoms with E-state index in [-0.39, 0.29) is 0 Å². The first-order valence-electron chi connectivity index (χ1n) is 9.05. The molecule has 132 valence electrons. The second-order valence-electron chi connectivity index (χ2n) is 7.08. The molecule has 2 aromatic heterocycles. The minimum absolute atomic E-state index is 0.584. The molecule has 0 aromatic carbocycles. The summed E-state index contributed by atoms with van der Waals surface area (Å²) in [6.45, 7) is 2.85.